The van der Waals surface area contributed by atoms with Crippen molar-refractivity contribution in [2.45, 2.75) is 20.0 Å². The van der Waals surface area contributed by atoms with Crippen molar-refractivity contribution in [3.63, 3.8) is 0 Å². The third kappa shape index (κ3) is 3.12. The van der Waals surface area contributed by atoms with E-state index in [1.54, 1.807) is 26.1 Å². The average Bonchev–Trinajstić information content (AvgIpc) is 2.77. The van der Waals surface area contributed by atoms with Crippen molar-refractivity contribution < 1.29 is 13.6 Å². The third-order valence-electron chi connectivity index (χ3n) is 2.44. The van der Waals surface area contributed by atoms with Crippen molar-refractivity contribution in [1.82, 2.24) is 14.6 Å². The molecule has 0 aliphatic carbocycles. The Morgan fingerprint density at radius 3 is 2.68 bits per heavy atom. The van der Waals surface area contributed by atoms with Gasteiger partial charge in [0.1, 0.15) is 0 Å². The lowest BCUT2D eigenvalue weighted by molar-refractivity contribution is 0.219. The smallest absolute Gasteiger partial charge is 0.309 e. The summed E-state index contributed by atoms with van der Waals surface area (Å²) < 4.78 is 24.0. The number of hydrogen-bond donors (Lipinski definition) is 1. The molecule has 0 atom stereocenters. The molecule has 0 fully saturated rings. The van der Waals surface area contributed by atoms with Crippen LogP contribution in [0.2, 0.25) is 0 Å². The molecule has 8 heteroatoms. The molecule has 0 spiro atoms. The van der Waals surface area contributed by atoms with Gasteiger partial charge in [-0.1, -0.05) is 0 Å². The molecule has 2 rings (SSSR count). The largest absolute Gasteiger partial charge is 0.336 e. The lowest BCUT2D eigenvalue weighted by Gasteiger charge is -2.16. The molecule has 2 aromatic heterocycles. The SMILES string of the molecule is CCOP(=O)(Cc1cc(=O)n2[nH]ccc2n1)OCC. The van der Waals surface area contributed by atoms with Gasteiger partial charge in [0.15, 0.2) is 5.65 Å². The van der Waals surface area contributed by atoms with Crippen molar-refractivity contribution in [1.29, 1.82) is 0 Å². The zero-order chi connectivity index (χ0) is 13.9. The van der Waals surface area contributed by atoms with E-state index in [9.17, 15) is 9.36 Å². The van der Waals surface area contributed by atoms with Gasteiger partial charge >= 0.3 is 7.60 Å². The molecule has 0 bridgehead atoms. The van der Waals surface area contributed by atoms with Gasteiger partial charge in [0.05, 0.1) is 25.1 Å². The van der Waals surface area contributed by atoms with Crippen LogP contribution in [0.3, 0.4) is 0 Å². The van der Waals surface area contributed by atoms with E-state index in [4.69, 9.17) is 9.05 Å². The van der Waals surface area contributed by atoms with E-state index in [1.807, 2.05) is 0 Å². The molecule has 2 aromatic rings. The van der Waals surface area contributed by atoms with Crippen molar-refractivity contribution >= 4 is 13.2 Å². The molecule has 1 N–H and O–H groups in total. The highest BCUT2D eigenvalue weighted by Crippen LogP contribution is 2.50. The van der Waals surface area contributed by atoms with E-state index in [2.05, 4.69) is 10.1 Å². The van der Waals surface area contributed by atoms with E-state index in [1.165, 1.54) is 10.6 Å². The van der Waals surface area contributed by atoms with Crippen LogP contribution in [0.25, 0.3) is 5.65 Å². The fourth-order valence-electron chi connectivity index (χ4n) is 1.78. The van der Waals surface area contributed by atoms with Gasteiger partial charge in [-0.05, 0) is 13.8 Å². The van der Waals surface area contributed by atoms with Crippen LogP contribution < -0.4 is 5.56 Å². The maximum atomic E-state index is 12.4. The number of fused-ring (bicyclic) bond motifs is 1. The fraction of sp³-hybridized carbons (Fsp3) is 0.455. The van der Waals surface area contributed by atoms with E-state index in [0.29, 0.717) is 11.3 Å². The number of aromatic nitrogens is 3. The molecule has 104 valence electrons. The topological polar surface area (TPSA) is 85.7 Å². The fourth-order valence-corrected chi connectivity index (χ4v) is 3.38. The second-order valence-corrected chi connectivity index (χ2v) is 5.90. The summed E-state index contributed by atoms with van der Waals surface area (Å²) in [5.74, 6) is 0. The lowest BCUT2D eigenvalue weighted by Crippen LogP contribution is -2.15. The van der Waals surface area contributed by atoms with Gasteiger partial charge in [-0.15, -0.1) is 0 Å². The second kappa shape index (κ2) is 5.69. The van der Waals surface area contributed by atoms with Gasteiger partial charge in [0, 0.05) is 18.3 Å². The van der Waals surface area contributed by atoms with Gasteiger partial charge in [0.2, 0.25) is 0 Å². The maximum Gasteiger partial charge on any atom is 0.336 e. The number of rotatable bonds is 6. The predicted molar refractivity (Wildman–Crippen MR) is 70.4 cm³/mol. The van der Waals surface area contributed by atoms with Crippen molar-refractivity contribution in [2.75, 3.05) is 13.2 Å². The van der Waals surface area contributed by atoms with Crippen LogP contribution >= 0.6 is 7.60 Å². The molecule has 2 heterocycles. The molecule has 0 unspecified atom stereocenters. The molecule has 19 heavy (non-hydrogen) atoms. The van der Waals surface area contributed by atoms with E-state index < -0.39 is 7.60 Å². The first-order valence-electron chi connectivity index (χ1n) is 6.02. The first kappa shape index (κ1) is 14.0. The summed E-state index contributed by atoms with van der Waals surface area (Å²) in [6.07, 6.45) is 1.60. The summed E-state index contributed by atoms with van der Waals surface area (Å²) >= 11 is 0. The molecule has 0 aliphatic rings. The number of nitrogens with zero attached hydrogens (tertiary/aromatic N) is 2. The number of H-pyrrole nitrogens is 1. The molecular formula is C11H16N3O4P. The van der Waals surface area contributed by atoms with Gasteiger partial charge in [-0.2, -0.15) is 0 Å². The Kier molecular flexibility index (Phi) is 4.19. The Hall–Kier alpha value is -1.43. The van der Waals surface area contributed by atoms with Gasteiger partial charge in [-0.25, -0.2) is 9.50 Å². The van der Waals surface area contributed by atoms with Gasteiger partial charge in [-0.3, -0.25) is 14.5 Å². The molecule has 0 radical (unpaired) electrons. The summed E-state index contributed by atoms with van der Waals surface area (Å²) in [4.78, 5) is 16.0. The Balaban J connectivity index is 2.33. The Morgan fingerprint density at radius 1 is 1.37 bits per heavy atom. The average molecular weight is 285 g/mol. The molecule has 7 nitrogen and oxygen atoms in total. The summed E-state index contributed by atoms with van der Waals surface area (Å²) in [6, 6.07) is 2.99. The number of aromatic amines is 1. The van der Waals surface area contributed by atoms with Crippen molar-refractivity contribution in [3.05, 3.63) is 34.4 Å². The van der Waals surface area contributed by atoms with Gasteiger partial charge < -0.3 is 9.05 Å². The first-order valence-corrected chi connectivity index (χ1v) is 7.75. The highest BCUT2D eigenvalue weighted by Gasteiger charge is 2.25. The van der Waals surface area contributed by atoms with E-state index >= 15 is 0 Å². The summed E-state index contributed by atoms with van der Waals surface area (Å²) in [5, 5.41) is 2.74. The van der Waals surface area contributed by atoms with Crippen LogP contribution in [0, 0.1) is 0 Å². The van der Waals surface area contributed by atoms with E-state index in [-0.39, 0.29) is 24.9 Å². The summed E-state index contributed by atoms with van der Waals surface area (Å²) in [7, 11) is -3.24. The predicted octanol–water partition coefficient (Wildman–Crippen LogP) is 1.79. The minimum Gasteiger partial charge on any atom is -0.309 e. The standard InChI is InChI=1S/C11H16N3O4P/c1-3-17-19(16,18-4-2)8-9-7-11(15)14-10(13-9)5-6-12-14/h5-7,12H,3-4,8H2,1-2H3. The minimum absolute atomic E-state index is 0.00833. The Labute approximate surface area is 110 Å². The maximum absolute atomic E-state index is 12.4. The lowest BCUT2D eigenvalue weighted by atomic mass is 10.4. The third-order valence-corrected chi connectivity index (χ3v) is 4.46. The van der Waals surface area contributed by atoms with Crippen LogP contribution in [0.4, 0.5) is 0 Å². The van der Waals surface area contributed by atoms with Crippen LogP contribution in [-0.2, 0) is 19.8 Å². The molecule has 0 saturated carbocycles. The highest BCUT2D eigenvalue weighted by atomic mass is 31.2. The second-order valence-electron chi connectivity index (χ2n) is 3.85. The minimum atomic E-state index is -3.24. The molecule has 0 amide bonds. The Morgan fingerprint density at radius 2 is 2.05 bits per heavy atom. The molecular weight excluding hydrogens is 269 g/mol. The zero-order valence-electron chi connectivity index (χ0n) is 10.8. The zero-order valence-corrected chi connectivity index (χ0v) is 11.7. The summed E-state index contributed by atoms with van der Waals surface area (Å²) in [5.41, 5.74) is 0.612. The monoisotopic (exact) mass is 285 g/mol. The van der Waals surface area contributed by atoms with Crippen molar-refractivity contribution in [2.24, 2.45) is 0 Å². The van der Waals surface area contributed by atoms with Crippen LogP contribution in [0.1, 0.15) is 19.5 Å². The van der Waals surface area contributed by atoms with E-state index in [0.717, 1.165) is 0 Å². The molecule has 0 aliphatic heterocycles. The normalized spacial score (nSPS) is 12.1. The van der Waals surface area contributed by atoms with Crippen LogP contribution in [0.15, 0.2) is 23.1 Å². The first-order chi connectivity index (χ1) is 9.08. The number of hydrogen-bond acceptors (Lipinski definition) is 5. The van der Waals surface area contributed by atoms with Crippen LogP contribution in [-0.4, -0.2) is 27.8 Å². The molecule has 0 saturated heterocycles. The molecule has 0 aromatic carbocycles. The van der Waals surface area contributed by atoms with Gasteiger partial charge in [0.25, 0.3) is 5.56 Å². The Bertz CT molecular complexity index is 653. The summed E-state index contributed by atoms with van der Waals surface area (Å²) in [6.45, 7) is 4.04. The van der Waals surface area contributed by atoms with Crippen molar-refractivity contribution in [3.8, 4) is 0 Å². The van der Waals surface area contributed by atoms with Crippen LogP contribution in [0.5, 0.6) is 0 Å². The number of nitrogens with one attached hydrogen (secondary N) is 1. The highest BCUT2D eigenvalue weighted by molar-refractivity contribution is 7.53. The quantitative estimate of drug-likeness (QED) is 0.818.